The molecule has 0 unspecified atom stereocenters. The highest BCUT2D eigenvalue weighted by Crippen LogP contribution is 2.50. The van der Waals surface area contributed by atoms with Crippen LogP contribution in [-0.2, 0) is 4.79 Å². The molecule has 2 aliphatic rings. The maximum absolute atomic E-state index is 10.6. The summed E-state index contributed by atoms with van der Waals surface area (Å²) in [4.78, 5) is 10.6. The number of hydrogen-bond donors (Lipinski definition) is 3. The number of unbranched alkanes of at least 4 members (excludes halogenated alkanes) is 5. The minimum absolute atomic E-state index is 0.200. The Bertz CT molecular complexity index is 469. The number of aliphatic hydroxyl groups excluding tert-OH is 2. The van der Waals surface area contributed by atoms with E-state index in [1.807, 2.05) is 0 Å². The molecule has 4 nitrogen and oxygen atoms in total. The first kappa shape index (κ1) is 20.2. The highest BCUT2D eigenvalue weighted by Gasteiger charge is 2.44. The summed E-state index contributed by atoms with van der Waals surface area (Å²) in [7, 11) is 0. The van der Waals surface area contributed by atoms with E-state index in [-0.39, 0.29) is 18.4 Å². The molecule has 2 rings (SSSR count). The monoisotopic (exact) mass is 350 g/mol. The molecule has 4 heteroatoms. The summed E-state index contributed by atoms with van der Waals surface area (Å²) in [6, 6.07) is 0. The first-order valence-electron chi connectivity index (χ1n) is 9.97. The highest BCUT2D eigenvalue weighted by atomic mass is 16.4. The van der Waals surface area contributed by atoms with Crippen LogP contribution in [-0.4, -0.2) is 34.0 Å². The van der Waals surface area contributed by atoms with Crippen molar-refractivity contribution in [3.05, 3.63) is 23.8 Å². The van der Waals surface area contributed by atoms with Gasteiger partial charge in [0.05, 0.1) is 6.10 Å². The first-order valence-corrected chi connectivity index (χ1v) is 9.97. The number of carbonyl (C=O) groups is 1. The molecule has 4 atom stereocenters. The third-order valence-electron chi connectivity index (χ3n) is 5.78. The second-order valence-electron chi connectivity index (χ2n) is 7.72. The van der Waals surface area contributed by atoms with Crippen LogP contribution in [0.3, 0.4) is 0 Å². The molecule has 2 saturated carbocycles. The van der Waals surface area contributed by atoms with E-state index in [2.05, 4.69) is 18.2 Å². The van der Waals surface area contributed by atoms with Gasteiger partial charge in [0.1, 0.15) is 0 Å². The van der Waals surface area contributed by atoms with E-state index >= 15 is 0 Å². The Labute approximate surface area is 151 Å². The Hall–Kier alpha value is -1.13. The van der Waals surface area contributed by atoms with Gasteiger partial charge in [-0.15, -0.1) is 0 Å². The van der Waals surface area contributed by atoms with Crippen molar-refractivity contribution in [1.82, 2.24) is 0 Å². The molecule has 0 aromatic heterocycles. The van der Waals surface area contributed by atoms with Crippen LogP contribution < -0.4 is 0 Å². The van der Waals surface area contributed by atoms with Gasteiger partial charge in [-0.25, -0.2) is 0 Å². The zero-order chi connectivity index (χ0) is 18.1. The van der Waals surface area contributed by atoms with Crippen LogP contribution in [0.4, 0.5) is 0 Å². The second-order valence-corrected chi connectivity index (χ2v) is 7.72. The fourth-order valence-corrected chi connectivity index (χ4v) is 4.48. The number of carboxylic acids is 1. The lowest BCUT2D eigenvalue weighted by Gasteiger charge is -2.17. The van der Waals surface area contributed by atoms with Crippen molar-refractivity contribution in [2.45, 2.75) is 76.7 Å². The number of aliphatic hydroxyl groups is 2. The Balaban J connectivity index is 1.73. The molecule has 142 valence electrons. The van der Waals surface area contributed by atoms with Gasteiger partial charge in [-0.3, -0.25) is 4.79 Å². The fourth-order valence-electron chi connectivity index (χ4n) is 4.48. The van der Waals surface area contributed by atoms with Crippen molar-refractivity contribution in [1.29, 1.82) is 0 Å². The van der Waals surface area contributed by atoms with Gasteiger partial charge < -0.3 is 15.3 Å². The van der Waals surface area contributed by atoms with Crippen molar-refractivity contribution >= 4 is 5.97 Å². The maximum Gasteiger partial charge on any atom is 0.303 e. The quantitative estimate of drug-likeness (QED) is 0.388. The van der Waals surface area contributed by atoms with E-state index in [0.29, 0.717) is 18.4 Å². The van der Waals surface area contributed by atoms with Crippen LogP contribution in [0.25, 0.3) is 0 Å². The molecule has 0 aliphatic heterocycles. The van der Waals surface area contributed by atoms with Gasteiger partial charge >= 0.3 is 5.97 Å². The van der Waals surface area contributed by atoms with Crippen molar-refractivity contribution in [2.75, 3.05) is 6.61 Å². The third-order valence-corrected chi connectivity index (χ3v) is 5.78. The summed E-state index contributed by atoms with van der Waals surface area (Å²) in [5.41, 5.74) is 1.47. The molecule has 3 N–H and O–H groups in total. The van der Waals surface area contributed by atoms with Gasteiger partial charge in [0.15, 0.2) is 0 Å². The van der Waals surface area contributed by atoms with Gasteiger partial charge in [-0.1, -0.05) is 36.6 Å². The number of carboxylic acid groups (broad SMARTS) is 1. The summed E-state index contributed by atoms with van der Waals surface area (Å²) in [6.07, 6.45) is 16.8. The number of hydrogen-bond acceptors (Lipinski definition) is 3. The summed E-state index contributed by atoms with van der Waals surface area (Å²) in [6.45, 7) is 0.291. The molecule has 0 heterocycles. The molecule has 0 aromatic rings. The Morgan fingerprint density at radius 3 is 2.64 bits per heavy atom. The second kappa shape index (κ2) is 10.8. The van der Waals surface area contributed by atoms with Crippen molar-refractivity contribution in [2.24, 2.45) is 17.8 Å². The zero-order valence-electron chi connectivity index (χ0n) is 15.3. The van der Waals surface area contributed by atoms with E-state index in [1.165, 1.54) is 5.57 Å². The van der Waals surface area contributed by atoms with Crippen molar-refractivity contribution in [3.8, 4) is 0 Å². The average Bonchev–Trinajstić information content (AvgIpc) is 3.08. The van der Waals surface area contributed by atoms with E-state index < -0.39 is 5.97 Å². The lowest BCUT2D eigenvalue weighted by molar-refractivity contribution is -0.137. The Kier molecular flexibility index (Phi) is 8.70. The molecule has 2 aliphatic carbocycles. The topological polar surface area (TPSA) is 77.8 Å². The lowest BCUT2D eigenvalue weighted by Crippen LogP contribution is -2.16. The number of aliphatic carboxylic acids is 1. The van der Waals surface area contributed by atoms with Gasteiger partial charge in [-0.05, 0) is 63.2 Å². The lowest BCUT2D eigenvalue weighted by atomic mass is 9.90. The predicted molar refractivity (Wildman–Crippen MR) is 99.2 cm³/mol. The minimum atomic E-state index is -0.716. The maximum atomic E-state index is 10.6. The smallest absolute Gasteiger partial charge is 0.303 e. The fraction of sp³-hybridized carbons (Fsp3) is 0.762. The van der Waals surface area contributed by atoms with E-state index in [9.17, 15) is 9.90 Å². The number of allylic oxidation sites excluding steroid dienone is 3. The number of fused-ring (bicyclic) bond motifs is 1. The van der Waals surface area contributed by atoms with Crippen LogP contribution in [0, 0.1) is 17.8 Å². The zero-order valence-corrected chi connectivity index (χ0v) is 15.3. The predicted octanol–water partition coefficient (Wildman–Crippen LogP) is 4.07. The molecule has 0 spiro atoms. The average molecular weight is 350 g/mol. The largest absolute Gasteiger partial charge is 0.481 e. The third kappa shape index (κ3) is 6.59. The molecule has 0 bridgehead atoms. The first-order chi connectivity index (χ1) is 12.1. The van der Waals surface area contributed by atoms with Gasteiger partial charge in [-0.2, -0.15) is 0 Å². The van der Waals surface area contributed by atoms with Crippen LogP contribution in [0.2, 0.25) is 0 Å². The minimum Gasteiger partial charge on any atom is -0.481 e. The molecule has 0 aromatic carbocycles. The molecular weight excluding hydrogens is 316 g/mol. The van der Waals surface area contributed by atoms with Gasteiger partial charge in [0, 0.05) is 18.9 Å². The van der Waals surface area contributed by atoms with E-state index in [0.717, 1.165) is 64.2 Å². The van der Waals surface area contributed by atoms with Crippen LogP contribution in [0.15, 0.2) is 23.8 Å². The van der Waals surface area contributed by atoms with Crippen molar-refractivity contribution < 1.29 is 20.1 Å². The molecule has 0 radical (unpaired) electrons. The standard InChI is InChI=1S/C21H34O4/c22-12-8-4-2-1-3-5-10-18-19-14-16(9-6-7-11-21(24)25)13-17(19)15-20(18)23/h5,9-10,17-20,22-23H,1-4,6-8,11-15H2,(H,24,25)/t17-,18+,19-,20+/m0/s1. The summed E-state index contributed by atoms with van der Waals surface area (Å²) >= 11 is 0. The SMILES string of the molecule is O=C(O)CCCC=C1C[C@H]2C[C@@H](O)[C@H](C=CCCCCCCO)[C@H]2C1. The van der Waals surface area contributed by atoms with Crippen molar-refractivity contribution in [3.63, 3.8) is 0 Å². The van der Waals surface area contributed by atoms with Crippen LogP contribution in [0.5, 0.6) is 0 Å². The van der Waals surface area contributed by atoms with Gasteiger partial charge in [0.25, 0.3) is 0 Å². The Morgan fingerprint density at radius 2 is 1.88 bits per heavy atom. The molecule has 25 heavy (non-hydrogen) atoms. The van der Waals surface area contributed by atoms with Crippen LogP contribution >= 0.6 is 0 Å². The molecule has 0 amide bonds. The van der Waals surface area contributed by atoms with Crippen LogP contribution in [0.1, 0.15) is 70.6 Å². The normalized spacial score (nSPS) is 30.4. The van der Waals surface area contributed by atoms with E-state index in [4.69, 9.17) is 10.2 Å². The highest BCUT2D eigenvalue weighted by molar-refractivity contribution is 5.66. The molecule has 0 saturated heterocycles. The van der Waals surface area contributed by atoms with Gasteiger partial charge in [0.2, 0.25) is 0 Å². The summed E-state index contributed by atoms with van der Waals surface area (Å²) in [5.74, 6) is 0.727. The molecule has 2 fully saturated rings. The summed E-state index contributed by atoms with van der Waals surface area (Å²) < 4.78 is 0. The van der Waals surface area contributed by atoms with E-state index in [1.54, 1.807) is 0 Å². The number of rotatable bonds is 11. The molecular formula is C21H34O4. The Morgan fingerprint density at radius 1 is 1.08 bits per heavy atom. The summed E-state index contributed by atoms with van der Waals surface area (Å²) in [5, 5.41) is 27.8.